The van der Waals surface area contributed by atoms with Crippen LogP contribution in [0.4, 0.5) is 0 Å². The van der Waals surface area contributed by atoms with E-state index in [9.17, 15) is 9.90 Å². The Morgan fingerprint density at radius 2 is 1.96 bits per heavy atom. The predicted octanol–water partition coefficient (Wildman–Crippen LogP) is 2.33. The van der Waals surface area contributed by atoms with Crippen LogP contribution in [0.3, 0.4) is 0 Å². The van der Waals surface area contributed by atoms with Crippen molar-refractivity contribution in [2.45, 2.75) is 44.7 Å². The van der Waals surface area contributed by atoms with Crippen molar-refractivity contribution in [3.8, 4) is 0 Å². The van der Waals surface area contributed by atoms with Crippen LogP contribution in [0.15, 0.2) is 24.3 Å². The molecule has 0 saturated carbocycles. The number of hydrogen-bond donors (Lipinski definition) is 2. The Hall–Kier alpha value is -1.93. The average Bonchev–Trinajstić information content (AvgIpc) is 2.92. The van der Waals surface area contributed by atoms with Gasteiger partial charge < -0.3 is 29.2 Å². The number of benzene rings is 1. The number of carboxylic acids is 1. The van der Waals surface area contributed by atoms with Crippen molar-refractivity contribution in [2.75, 3.05) is 26.4 Å². The van der Waals surface area contributed by atoms with Crippen molar-refractivity contribution in [3.05, 3.63) is 35.5 Å². The summed E-state index contributed by atoms with van der Waals surface area (Å²) in [7, 11) is 0. The summed E-state index contributed by atoms with van der Waals surface area (Å²) in [6, 6.07) is 7.54. The molecule has 7 heteroatoms. The monoisotopic (exact) mass is 374 g/mol. The first kappa shape index (κ1) is 18.4. The number of nitrogens with one attached hydrogen (secondary N) is 1. The molecule has 2 aliphatic rings. The number of carboxylic acid groups (broad SMARTS) is 1. The molecule has 1 aromatic heterocycles. The summed E-state index contributed by atoms with van der Waals surface area (Å²) in [6.07, 6.45) is -0.426. The second-order valence-corrected chi connectivity index (χ2v) is 7.82. The van der Waals surface area contributed by atoms with E-state index in [1.807, 2.05) is 42.7 Å². The Morgan fingerprint density at radius 1 is 1.30 bits per heavy atom. The molecule has 1 aromatic carbocycles. The zero-order valence-electron chi connectivity index (χ0n) is 15.9. The molecular weight excluding hydrogens is 348 g/mol. The lowest BCUT2D eigenvalue weighted by Crippen LogP contribution is -2.64. The van der Waals surface area contributed by atoms with Gasteiger partial charge in [-0.2, -0.15) is 0 Å². The molecule has 2 fully saturated rings. The highest BCUT2D eigenvalue weighted by Crippen LogP contribution is 2.32. The lowest BCUT2D eigenvalue weighted by molar-refractivity contribution is -0.214. The van der Waals surface area contributed by atoms with Crippen LogP contribution in [-0.2, 0) is 14.2 Å². The fourth-order valence-electron chi connectivity index (χ4n) is 4.17. The fourth-order valence-corrected chi connectivity index (χ4v) is 4.17. The maximum atomic E-state index is 11.8. The Morgan fingerprint density at radius 3 is 2.56 bits per heavy atom. The third-order valence-electron chi connectivity index (χ3n) is 5.49. The number of ether oxygens (including phenoxy) is 3. The van der Waals surface area contributed by atoms with Gasteiger partial charge in [-0.15, -0.1) is 0 Å². The van der Waals surface area contributed by atoms with E-state index in [0.717, 1.165) is 10.9 Å². The Balaban J connectivity index is 1.53. The molecule has 0 amide bonds. The van der Waals surface area contributed by atoms with Gasteiger partial charge in [0.2, 0.25) is 0 Å². The van der Waals surface area contributed by atoms with Crippen molar-refractivity contribution < 1.29 is 24.1 Å². The van der Waals surface area contributed by atoms with Gasteiger partial charge in [-0.3, -0.25) is 0 Å². The zero-order chi connectivity index (χ0) is 19.2. The lowest BCUT2D eigenvalue weighted by atomic mass is 9.99. The molecule has 0 spiro atoms. The third kappa shape index (κ3) is 3.25. The van der Waals surface area contributed by atoms with E-state index in [4.69, 9.17) is 14.2 Å². The number of rotatable bonds is 5. The van der Waals surface area contributed by atoms with Gasteiger partial charge in [0.25, 0.3) is 0 Å². The van der Waals surface area contributed by atoms with Crippen LogP contribution in [0.2, 0.25) is 0 Å². The second kappa shape index (κ2) is 6.91. The quantitative estimate of drug-likeness (QED) is 0.836. The van der Waals surface area contributed by atoms with Gasteiger partial charge in [0, 0.05) is 16.6 Å². The van der Waals surface area contributed by atoms with Gasteiger partial charge in [-0.05, 0) is 26.8 Å². The highest BCUT2D eigenvalue weighted by Gasteiger charge is 2.38. The minimum Gasteiger partial charge on any atom is -0.478 e. The van der Waals surface area contributed by atoms with Crippen LogP contribution in [0.25, 0.3) is 10.9 Å². The fraction of sp³-hybridized carbons (Fsp3) is 0.550. The highest BCUT2D eigenvalue weighted by atomic mass is 16.7. The van der Waals surface area contributed by atoms with E-state index in [1.54, 1.807) is 0 Å². The normalized spacial score (nSPS) is 25.9. The number of fused-ring (bicyclic) bond motifs is 1. The van der Waals surface area contributed by atoms with Crippen molar-refractivity contribution in [1.29, 1.82) is 0 Å². The van der Waals surface area contributed by atoms with Crippen molar-refractivity contribution >= 4 is 16.9 Å². The smallest absolute Gasteiger partial charge is 0.338 e. The van der Waals surface area contributed by atoms with Gasteiger partial charge >= 0.3 is 5.97 Å². The maximum absolute atomic E-state index is 11.8. The van der Waals surface area contributed by atoms with Crippen LogP contribution in [0.1, 0.15) is 35.9 Å². The molecule has 146 valence electrons. The molecular formula is C20H26N2O5. The Kier molecular flexibility index (Phi) is 4.71. The van der Waals surface area contributed by atoms with Crippen LogP contribution in [0, 0.1) is 6.92 Å². The average molecular weight is 374 g/mol. The first-order valence-electron chi connectivity index (χ1n) is 9.31. The first-order chi connectivity index (χ1) is 12.9. The zero-order valence-corrected chi connectivity index (χ0v) is 15.9. The first-order valence-corrected chi connectivity index (χ1v) is 9.31. The van der Waals surface area contributed by atoms with E-state index in [0.29, 0.717) is 37.7 Å². The number of hydrogen-bond acceptors (Lipinski definition) is 5. The summed E-state index contributed by atoms with van der Waals surface area (Å²) in [4.78, 5) is 11.8. The number of aromatic carboxylic acids is 1. The van der Waals surface area contributed by atoms with E-state index < -0.39 is 12.3 Å². The molecule has 0 bridgehead atoms. The molecule has 2 N–H and O–H groups in total. The highest BCUT2D eigenvalue weighted by molar-refractivity contribution is 6.05. The van der Waals surface area contributed by atoms with Crippen LogP contribution in [0.5, 0.6) is 0 Å². The lowest BCUT2D eigenvalue weighted by Gasteiger charge is -2.43. The van der Waals surface area contributed by atoms with Gasteiger partial charge in [-0.1, -0.05) is 18.2 Å². The van der Waals surface area contributed by atoms with E-state index >= 15 is 0 Å². The molecule has 3 heterocycles. The van der Waals surface area contributed by atoms with Crippen LogP contribution < -0.4 is 5.32 Å². The van der Waals surface area contributed by atoms with Gasteiger partial charge in [0.1, 0.15) is 0 Å². The van der Waals surface area contributed by atoms with E-state index in [-0.39, 0.29) is 17.6 Å². The van der Waals surface area contributed by atoms with Crippen molar-refractivity contribution in [2.24, 2.45) is 0 Å². The summed E-state index contributed by atoms with van der Waals surface area (Å²) < 4.78 is 19.3. The predicted molar refractivity (Wildman–Crippen MR) is 100 cm³/mol. The van der Waals surface area contributed by atoms with Crippen molar-refractivity contribution in [1.82, 2.24) is 9.88 Å². The summed E-state index contributed by atoms with van der Waals surface area (Å²) in [5.74, 6) is -0.916. The topological polar surface area (TPSA) is 82.0 Å². The molecule has 2 aliphatic heterocycles. The molecule has 1 unspecified atom stereocenters. The second-order valence-electron chi connectivity index (χ2n) is 7.82. The molecule has 2 saturated heterocycles. The molecule has 0 radical (unpaired) electrons. The van der Waals surface area contributed by atoms with Crippen LogP contribution in [-0.4, -0.2) is 59.9 Å². The third-order valence-corrected chi connectivity index (χ3v) is 5.49. The summed E-state index contributed by atoms with van der Waals surface area (Å²) in [6.45, 7) is 8.48. The molecule has 0 aliphatic carbocycles. The standard InChI is InChI=1S/C20H26N2O5/c1-12-17(18(23)24)15-6-4-5-7-16(15)22(12)13(2)19-26-8-14(9-27-19)21-20(3)10-25-11-20/h4-7,13-14,19,21H,8-11H2,1-3H3,(H,23,24). The molecule has 27 heavy (non-hydrogen) atoms. The maximum Gasteiger partial charge on any atom is 0.338 e. The van der Waals surface area contributed by atoms with Crippen molar-refractivity contribution in [3.63, 3.8) is 0 Å². The van der Waals surface area contributed by atoms with Gasteiger partial charge in [0.15, 0.2) is 6.29 Å². The number of nitrogens with zero attached hydrogens (tertiary/aromatic N) is 1. The summed E-state index contributed by atoms with van der Waals surface area (Å²) in [5.41, 5.74) is 1.93. The minimum absolute atomic E-state index is 0.000549. The molecule has 7 nitrogen and oxygen atoms in total. The summed E-state index contributed by atoms with van der Waals surface area (Å²) in [5, 5.41) is 13.9. The minimum atomic E-state index is -0.916. The Bertz CT molecular complexity index is 849. The SMILES string of the molecule is Cc1c(C(=O)O)c2ccccc2n1C(C)C1OCC(NC2(C)COC2)CO1. The summed E-state index contributed by atoms with van der Waals surface area (Å²) >= 11 is 0. The van der Waals surface area contributed by atoms with Gasteiger partial charge in [-0.25, -0.2) is 4.79 Å². The molecule has 4 rings (SSSR count). The van der Waals surface area contributed by atoms with Gasteiger partial charge in [0.05, 0.1) is 49.6 Å². The number of para-hydroxylation sites is 1. The number of carbonyl (C=O) groups is 1. The van der Waals surface area contributed by atoms with Crippen LogP contribution >= 0.6 is 0 Å². The number of aromatic nitrogens is 1. The van der Waals surface area contributed by atoms with E-state index in [2.05, 4.69) is 12.2 Å². The Labute approximate surface area is 158 Å². The molecule has 1 atom stereocenters. The largest absolute Gasteiger partial charge is 0.478 e. The molecule has 2 aromatic rings. The van der Waals surface area contributed by atoms with E-state index in [1.165, 1.54) is 0 Å².